The minimum absolute atomic E-state index is 0.128. The molecule has 122 valence electrons. The maximum Gasteiger partial charge on any atom is 0.289 e. The smallest absolute Gasteiger partial charge is 0.289 e. The molecule has 0 saturated carbocycles. The van der Waals surface area contributed by atoms with Gasteiger partial charge in [0.2, 0.25) is 0 Å². The fourth-order valence-electron chi connectivity index (χ4n) is 2.39. The second-order valence-corrected chi connectivity index (χ2v) is 5.56. The standard InChI is InChI=1S/C16H14ClN5O2/c1-11(20-16-14(17)9-12(10-18-16)22(23)24)13-5-2-3-6-15(13)21-8-4-7-19-21/h2-11H,1H3,(H,18,20). The molecule has 0 fully saturated rings. The van der Waals surface area contributed by atoms with Crippen molar-refractivity contribution >= 4 is 23.1 Å². The lowest BCUT2D eigenvalue weighted by Crippen LogP contribution is -2.12. The van der Waals surface area contributed by atoms with Gasteiger partial charge in [-0.1, -0.05) is 29.8 Å². The first-order valence-electron chi connectivity index (χ1n) is 7.21. The van der Waals surface area contributed by atoms with Gasteiger partial charge in [0.15, 0.2) is 0 Å². The number of para-hydroxylation sites is 1. The van der Waals surface area contributed by atoms with E-state index >= 15 is 0 Å². The average Bonchev–Trinajstić information content (AvgIpc) is 3.11. The van der Waals surface area contributed by atoms with Gasteiger partial charge in [0.25, 0.3) is 5.69 Å². The van der Waals surface area contributed by atoms with E-state index in [1.807, 2.05) is 43.5 Å². The third kappa shape index (κ3) is 3.21. The average molecular weight is 344 g/mol. The van der Waals surface area contributed by atoms with Crippen LogP contribution in [0.2, 0.25) is 5.02 Å². The van der Waals surface area contributed by atoms with Crippen LogP contribution in [0, 0.1) is 10.1 Å². The number of nitro groups is 1. The third-order valence-corrected chi connectivity index (χ3v) is 3.83. The van der Waals surface area contributed by atoms with Crippen LogP contribution in [0.3, 0.4) is 0 Å². The Morgan fingerprint density at radius 2 is 2.12 bits per heavy atom. The van der Waals surface area contributed by atoms with E-state index in [1.54, 1.807) is 10.9 Å². The van der Waals surface area contributed by atoms with Gasteiger partial charge >= 0.3 is 0 Å². The van der Waals surface area contributed by atoms with E-state index in [9.17, 15) is 10.1 Å². The van der Waals surface area contributed by atoms with E-state index in [1.165, 1.54) is 12.3 Å². The summed E-state index contributed by atoms with van der Waals surface area (Å²) < 4.78 is 1.78. The highest BCUT2D eigenvalue weighted by atomic mass is 35.5. The number of hydrogen-bond donors (Lipinski definition) is 1. The van der Waals surface area contributed by atoms with Crippen LogP contribution in [0.1, 0.15) is 18.5 Å². The van der Waals surface area contributed by atoms with Crippen LogP contribution in [0.15, 0.2) is 55.0 Å². The van der Waals surface area contributed by atoms with E-state index in [0.29, 0.717) is 5.82 Å². The summed E-state index contributed by atoms with van der Waals surface area (Å²) in [6, 6.07) is 10.8. The van der Waals surface area contributed by atoms with E-state index in [0.717, 1.165) is 11.3 Å². The largest absolute Gasteiger partial charge is 0.362 e. The predicted octanol–water partition coefficient (Wildman–Crippen LogP) is 4.00. The van der Waals surface area contributed by atoms with Crippen molar-refractivity contribution in [2.45, 2.75) is 13.0 Å². The molecule has 2 heterocycles. The van der Waals surface area contributed by atoms with E-state index in [4.69, 9.17) is 11.6 Å². The molecule has 3 aromatic rings. The molecule has 0 spiro atoms. The Hall–Kier alpha value is -2.93. The second kappa shape index (κ2) is 6.67. The minimum Gasteiger partial charge on any atom is -0.362 e. The van der Waals surface area contributed by atoms with Crippen LogP contribution in [0.4, 0.5) is 11.5 Å². The molecule has 1 N–H and O–H groups in total. The molecule has 8 heteroatoms. The Kier molecular flexibility index (Phi) is 4.43. The van der Waals surface area contributed by atoms with Gasteiger partial charge in [0.05, 0.1) is 21.7 Å². The van der Waals surface area contributed by atoms with Crippen molar-refractivity contribution in [1.29, 1.82) is 0 Å². The molecule has 0 saturated heterocycles. The van der Waals surface area contributed by atoms with Crippen LogP contribution >= 0.6 is 11.6 Å². The molecular formula is C16H14ClN5O2. The number of nitrogens with one attached hydrogen (secondary N) is 1. The Bertz CT molecular complexity index is 867. The number of aromatic nitrogens is 3. The van der Waals surface area contributed by atoms with E-state index < -0.39 is 4.92 Å². The SMILES string of the molecule is CC(Nc1ncc([N+](=O)[O-])cc1Cl)c1ccccc1-n1cccn1. The van der Waals surface area contributed by atoms with Crippen molar-refractivity contribution in [3.63, 3.8) is 0 Å². The maximum atomic E-state index is 10.8. The second-order valence-electron chi connectivity index (χ2n) is 5.16. The lowest BCUT2D eigenvalue weighted by atomic mass is 10.1. The van der Waals surface area contributed by atoms with Crippen LogP contribution in [-0.4, -0.2) is 19.7 Å². The lowest BCUT2D eigenvalue weighted by Gasteiger charge is -2.19. The first-order valence-corrected chi connectivity index (χ1v) is 7.59. The Morgan fingerprint density at radius 1 is 1.33 bits per heavy atom. The zero-order valence-electron chi connectivity index (χ0n) is 12.8. The number of hydrogen-bond acceptors (Lipinski definition) is 5. The van der Waals surface area contributed by atoms with Gasteiger partial charge in [-0.15, -0.1) is 0 Å². The molecular weight excluding hydrogens is 330 g/mol. The highest BCUT2D eigenvalue weighted by Gasteiger charge is 2.16. The van der Waals surface area contributed by atoms with Crippen molar-refractivity contribution in [3.8, 4) is 5.69 Å². The molecule has 0 aliphatic carbocycles. The summed E-state index contributed by atoms with van der Waals surface area (Å²) in [6.07, 6.45) is 4.76. The molecule has 0 amide bonds. The first-order chi connectivity index (χ1) is 11.6. The van der Waals surface area contributed by atoms with Crippen LogP contribution in [-0.2, 0) is 0 Å². The zero-order valence-corrected chi connectivity index (χ0v) is 13.5. The van der Waals surface area contributed by atoms with Crippen molar-refractivity contribution in [2.75, 3.05) is 5.32 Å². The van der Waals surface area contributed by atoms with Crippen molar-refractivity contribution < 1.29 is 4.92 Å². The fraction of sp³-hybridized carbons (Fsp3) is 0.125. The van der Waals surface area contributed by atoms with Gasteiger partial charge in [-0.05, 0) is 24.6 Å². The number of halogens is 1. The molecule has 24 heavy (non-hydrogen) atoms. The molecule has 1 atom stereocenters. The van der Waals surface area contributed by atoms with Gasteiger partial charge < -0.3 is 5.32 Å². The number of rotatable bonds is 5. The third-order valence-electron chi connectivity index (χ3n) is 3.55. The molecule has 2 aromatic heterocycles. The molecule has 1 aromatic carbocycles. The predicted molar refractivity (Wildman–Crippen MR) is 91.5 cm³/mol. The fourth-order valence-corrected chi connectivity index (χ4v) is 2.61. The van der Waals surface area contributed by atoms with E-state index in [2.05, 4.69) is 15.4 Å². The monoisotopic (exact) mass is 343 g/mol. The Balaban J connectivity index is 1.89. The van der Waals surface area contributed by atoms with Gasteiger partial charge in [-0.3, -0.25) is 10.1 Å². The normalized spacial score (nSPS) is 11.9. The molecule has 1 unspecified atom stereocenters. The van der Waals surface area contributed by atoms with E-state index in [-0.39, 0.29) is 16.8 Å². The topological polar surface area (TPSA) is 85.9 Å². The van der Waals surface area contributed by atoms with Crippen molar-refractivity contribution in [1.82, 2.24) is 14.8 Å². The summed E-state index contributed by atoms with van der Waals surface area (Å²) in [4.78, 5) is 14.3. The number of nitrogens with zero attached hydrogens (tertiary/aromatic N) is 4. The maximum absolute atomic E-state index is 10.8. The zero-order chi connectivity index (χ0) is 17.1. The first kappa shape index (κ1) is 15.9. The van der Waals surface area contributed by atoms with Gasteiger partial charge in [0.1, 0.15) is 12.0 Å². The minimum atomic E-state index is -0.529. The number of anilines is 1. The molecule has 3 rings (SSSR count). The van der Waals surface area contributed by atoms with Gasteiger partial charge in [0, 0.05) is 18.5 Å². The summed E-state index contributed by atoms with van der Waals surface area (Å²) >= 11 is 6.10. The molecule has 0 aliphatic rings. The molecule has 0 radical (unpaired) electrons. The van der Waals surface area contributed by atoms with Crippen molar-refractivity contribution in [2.24, 2.45) is 0 Å². The Labute approximate surface area is 143 Å². The number of pyridine rings is 1. The number of benzene rings is 1. The molecule has 7 nitrogen and oxygen atoms in total. The van der Waals surface area contributed by atoms with Gasteiger partial charge in [-0.25, -0.2) is 9.67 Å². The quantitative estimate of drug-likeness (QED) is 0.559. The van der Waals surface area contributed by atoms with Crippen LogP contribution < -0.4 is 5.32 Å². The summed E-state index contributed by atoms with van der Waals surface area (Å²) in [7, 11) is 0. The summed E-state index contributed by atoms with van der Waals surface area (Å²) in [5.41, 5.74) is 1.79. The van der Waals surface area contributed by atoms with Crippen molar-refractivity contribution in [3.05, 3.63) is 75.7 Å². The van der Waals surface area contributed by atoms with Crippen LogP contribution in [0.5, 0.6) is 0 Å². The summed E-state index contributed by atoms with van der Waals surface area (Å²) in [6.45, 7) is 1.96. The Morgan fingerprint density at radius 3 is 2.79 bits per heavy atom. The summed E-state index contributed by atoms with van der Waals surface area (Å²) in [5, 5.41) is 18.4. The molecule has 0 aliphatic heterocycles. The highest BCUT2D eigenvalue weighted by molar-refractivity contribution is 6.33. The molecule has 0 bridgehead atoms. The van der Waals surface area contributed by atoms with Crippen LogP contribution in [0.25, 0.3) is 5.69 Å². The lowest BCUT2D eigenvalue weighted by molar-refractivity contribution is -0.385. The van der Waals surface area contributed by atoms with Gasteiger partial charge in [-0.2, -0.15) is 5.10 Å². The summed E-state index contributed by atoms with van der Waals surface area (Å²) in [5.74, 6) is 0.394. The highest BCUT2D eigenvalue weighted by Crippen LogP contribution is 2.29.